The molecule has 0 bridgehead atoms. The lowest BCUT2D eigenvalue weighted by molar-refractivity contribution is 0.0693. The van der Waals surface area contributed by atoms with Gasteiger partial charge >= 0.3 is 5.97 Å². The molecule has 2 heterocycles. The predicted molar refractivity (Wildman–Crippen MR) is 126 cm³/mol. The first-order chi connectivity index (χ1) is 16.4. The number of aromatic hydroxyl groups is 1. The van der Waals surface area contributed by atoms with Gasteiger partial charge in [0.2, 0.25) is 5.88 Å². The van der Waals surface area contributed by atoms with Gasteiger partial charge in [-0.25, -0.2) is 9.78 Å². The maximum atomic E-state index is 11.2. The van der Waals surface area contributed by atoms with Crippen LogP contribution in [0.4, 0.5) is 0 Å². The molecule has 0 aliphatic rings. The molecule has 0 aliphatic carbocycles. The fourth-order valence-electron chi connectivity index (χ4n) is 3.64. The van der Waals surface area contributed by atoms with Crippen molar-refractivity contribution in [3.63, 3.8) is 0 Å². The Morgan fingerprint density at radius 1 is 1.09 bits per heavy atom. The van der Waals surface area contributed by atoms with Gasteiger partial charge in [0.1, 0.15) is 29.6 Å². The summed E-state index contributed by atoms with van der Waals surface area (Å²) in [6, 6.07) is 17.8. The Hall–Kier alpha value is -4.64. The van der Waals surface area contributed by atoms with Crippen molar-refractivity contribution in [3.05, 3.63) is 83.3 Å². The van der Waals surface area contributed by atoms with Crippen LogP contribution in [0.2, 0.25) is 0 Å². The number of nitriles is 1. The van der Waals surface area contributed by atoms with Gasteiger partial charge in [-0.15, -0.1) is 0 Å². The summed E-state index contributed by atoms with van der Waals surface area (Å²) in [4.78, 5) is 15.4. The molecule has 2 aromatic heterocycles. The van der Waals surface area contributed by atoms with Crippen LogP contribution in [0.1, 0.15) is 27.3 Å². The molecule has 34 heavy (non-hydrogen) atoms. The topological polar surface area (TPSA) is 121 Å². The molecule has 0 aliphatic heterocycles. The number of aryl methyl sites for hydroxylation is 2. The van der Waals surface area contributed by atoms with Crippen molar-refractivity contribution in [1.29, 1.82) is 5.26 Å². The molecule has 0 spiro atoms. The normalized spacial score (nSPS) is 10.6. The van der Waals surface area contributed by atoms with E-state index in [0.29, 0.717) is 30.2 Å². The first kappa shape index (κ1) is 22.6. The molecule has 2 aromatic carbocycles. The van der Waals surface area contributed by atoms with Crippen molar-refractivity contribution in [2.75, 3.05) is 6.61 Å². The van der Waals surface area contributed by atoms with E-state index >= 15 is 0 Å². The molecule has 0 amide bonds. The third kappa shape index (κ3) is 4.74. The molecule has 0 atom stereocenters. The second-order valence-corrected chi connectivity index (χ2v) is 7.77. The summed E-state index contributed by atoms with van der Waals surface area (Å²) in [7, 11) is 0. The molecule has 4 rings (SSSR count). The number of carbonyl (C=O) groups is 1. The molecule has 8 heteroatoms. The zero-order valence-electron chi connectivity index (χ0n) is 18.7. The molecule has 170 valence electrons. The number of pyridine rings is 1. The molecule has 0 unspecified atom stereocenters. The van der Waals surface area contributed by atoms with Crippen molar-refractivity contribution < 1.29 is 19.7 Å². The largest absolute Gasteiger partial charge is 0.507 e. The summed E-state index contributed by atoms with van der Waals surface area (Å²) in [6.45, 7) is 4.54. The van der Waals surface area contributed by atoms with Gasteiger partial charge in [-0.3, -0.25) is 4.68 Å². The molecule has 4 aromatic rings. The van der Waals surface area contributed by atoms with Crippen LogP contribution in [0, 0.1) is 25.2 Å². The average molecular weight is 454 g/mol. The highest BCUT2D eigenvalue weighted by Crippen LogP contribution is 2.31. The van der Waals surface area contributed by atoms with Crippen LogP contribution in [-0.2, 0) is 6.54 Å². The number of nitrogens with zero attached hydrogens (tertiary/aromatic N) is 4. The first-order valence-electron chi connectivity index (χ1n) is 10.6. The first-order valence-corrected chi connectivity index (χ1v) is 10.6. The number of carboxylic acid groups (broad SMARTS) is 1. The lowest BCUT2D eigenvalue weighted by Crippen LogP contribution is -2.10. The number of rotatable bonds is 7. The number of benzene rings is 2. The quantitative estimate of drug-likeness (QED) is 0.419. The van der Waals surface area contributed by atoms with Crippen molar-refractivity contribution in [2.45, 2.75) is 20.4 Å². The van der Waals surface area contributed by atoms with Gasteiger partial charge in [-0.1, -0.05) is 24.3 Å². The highest BCUT2D eigenvalue weighted by molar-refractivity contribution is 5.92. The maximum Gasteiger partial charge on any atom is 0.339 e. The van der Waals surface area contributed by atoms with Crippen molar-refractivity contribution in [3.8, 4) is 40.0 Å². The summed E-state index contributed by atoms with van der Waals surface area (Å²) in [6.07, 6.45) is 1.93. The minimum Gasteiger partial charge on any atom is -0.507 e. The Kier molecular flexibility index (Phi) is 6.28. The third-order valence-corrected chi connectivity index (χ3v) is 5.36. The van der Waals surface area contributed by atoms with Crippen LogP contribution in [0.5, 0.6) is 11.6 Å². The Bertz CT molecular complexity index is 1420. The predicted octanol–water partition coefficient (Wildman–Crippen LogP) is 4.58. The average Bonchev–Trinajstić information content (AvgIpc) is 3.19. The minimum absolute atomic E-state index is 0.137. The van der Waals surface area contributed by atoms with Crippen LogP contribution in [0.15, 0.2) is 60.8 Å². The molecule has 0 saturated carbocycles. The monoisotopic (exact) mass is 454 g/mol. The number of ether oxygens (including phenoxy) is 1. The fourth-order valence-corrected chi connectivity index (χ4v) is 3.64. The van der Waals surface area contributed by atoms with Crippen LogP contribution >= 0.6 is 0 Å². The van der Waals surface area contributed by atoms with Crippen LogP contribution in [0.3, 0.4) is 0 Å². The highest BCUT2D eigenvalue weighted by atomic mass is 16.5. The Morgan fingerprint density at radius 2 is 1.85 bits per heavy atom. The maximum absolute atomic E-state index is 11.2. The van der Waals surface area contributed by atoms with Crippen LogP contribution in [0.25, 0.3) is 22.3 Å². The van der Waals surface area contributed by atoms with Gasteiger partial charge in [0.15, 0.2) is 0 Å². The fraction of sp³-hybridized carbons (Fsp3) is 0.154. The van der Waals surface area contributed by atoms with Crippen LogP contribution < -0.4 is 4.74 Å². The van der Waals surface area contributed by atoms with Crippen molar-refractivity contribution in [2.24, 2.45) is 0 Å². The van der Waals surface area contributed by atoms with Crippen molar-refractivity contribution >= 4 is 5.97 Å². The van der Waals surface area contributed by atoms with E-state index in [1.165, 1.54) is 12.1 Å². The van der Waals surface area contributed by atoms with Crippen molar-refractivity contribution in [1.82, 2.24) is 14.8 Å². The highest BCUT2D eigenvalue weighted by Gasteiger charge is 2.13. The Labute approximate surface area is 196 Å². The number of phenols is 1. The van der Waals surface area contributed by atoms with E-state index in [1.807, 2.05) is 44.3 Å². The zero-order chi connectivity index (χ0) is 24.2. The van der Waals surface area contributed by atoms with Gasteiger partial charge in [0.05, 0.1) is 12.2 Å². The second-order valence-electron chi connectivity index (χ2n) is 7.77. The van der Waals surface area contributed by atoms with E-state index in [-0.39, 0.29) is 11.3 Å². The van der Waals surface area contributed by atoms with E-state index in [4.69, 9.17) is 9.84 Å². The van der Waals surface area contributed by atoms with E-state index in [1.54, 1.807) is 22.9 Å². The molecule has 8 nitrogen and oxygen atoms in total. The molecule has 0 radical (unpaired) electrons. The van der Waals surface area contributed by atoms with Crippen LogP contribution in [-0.4, -0.2) is 37.6 Å². The van der Waals surface area contributed by atoms with Gasteiger partial charge in [0.25, 0.3) is 0 Å². The number of aromatic carboxylic acids is 1. The number of hydrogen-bond donors (Lipinski definition) is 2. The standard InChI is InChI=1S/C26H22N4O4/c1-16-6-7-21(14-27)25(28-16)34-11-10-30-15-23(17(2)29-30)20-5-3-4-18(12-20)19-8-9-22(26(32)33)24(31)13-19/h3-9,12-13,15,31H,10-11H2,1-2H3,(H,32,33). The number of carboxylic acids is 1. The van der Waals surface area contributed by atoms with E-state index < -0.39 is 5.97 Å². The molecular formula is C26H22N4O4. The Balaban J connectivity index is 1.52. The molecule has 2 N–H and O–H groups in total. The summed E-state index contributed by atoms with van der Waals surface area (Å²) in [5, 5.41) is 33.0. The van der Waals surface area contributed by atoms with Gasteiger partial charge in [-0.05, 0) is 60.9 Å². The zero-order valence-corrected chi connectivity index (χ0v) is 18.7. The van der Waals surface area contributed by atoms with Gasteiger partial charge < -0.3 is 14.9 Å². The lowest BCUT2D eigenvalue weighted by Gasteiger charge is -2.08. The number of hydrogen-bond acceptors (Lipinski definition) is 6. The molecule has 0 fully saturated rings. The molecule has 0 saturated heterocycles. The minimum atomic E-state index is -1.17. The summed E-state index contributed by atoms with van der Waals surface area (Å²) >= 11 is 0. The summed E-state index contributed by atoms with van der Waals surface area (Å²) < 4.78 is 7.51. The smallest absolute Gasteiger partial charge is 0.339 e. The summed E-state index contributed by atoms with van der Waals surface area (Å²) in [5.41, 5.74) is 5.31. The Morgan fingerprint density at radius 3 is 2.59 bits per heavy atom. The third-order valence-electron chi connectivity index (χ3n) is 5.36. The SMILES string of the molecule is Cc1ccc(C#N)c(OCCn2cc(-c3cccc(-c4ccc(C(=O)O)c(O)c4)c3)c(C)n2)n1. The second kappa shape index (κ2) is 9.46. The van der Waals surface area contributed by atoms with E-state index in [9.17, 15) is 15.2 Å². The van der Waals surface area contributed by atoms with E-state index in [0.717, 1.165) is 28.1 Å². The van der Waals surface area contributed by atoms with E-state index in [2.05, 4.69) is 16.2 Å². The summed E-state index contributed by atoms with van der Waals surface area (Å²) in [5.74, 6) is -1.13. The molecular weight excluding hydrogens is 432 g/mol. The lowest BCUT2D eigenvalue weighted by atomic mass is 9.98. The number of aromatic nitrogens is 3. The van der Waals surface area contributed by atoms with Gasteiger partial charge in [0, 0.05) is 17.5 Å². The van der Waals surface area contributed by atoms with Gasteiger partial charge in [-0.2, -0.15) is 10.4 Å².